The minimum atomic E-state index is -0.465. The second-order valence-corrected chi connectivity index (χ2v) is 4.73. The molecule has 0 fully saturated rings. The number of carbonyl (C=O) groups is 1. The molecule has 2 aromatic rings. The van der Waals surface area contributed by atoms with Crippen molar-refractivity contribution in [2.24, 2.45) is 0 Å². The van der Waals surface area contributed by atoms with Crippen molar-refractivity contribution < 1.29 is 9.72 Å². The number of hydrogen-bond acceptors (Lipinski definition) is 4. The van der Waals surface area contributed by atoms with Crippen LogP contribution in [0.3, 0.4) is 0 Å². The average molecular weight is 300 g/mol. The van der Waals surface area contributed by atoms with Gasteiger partial charge in [-0.3, -0.25) is 15.1 Å². The second kappa shape index (κ2) is 7.16. The van der Waals surface area contributed by atoms with Gasteiger partial charge in [0.15, 0.2) is 0 Å². The minimum Gasteiger partial charge on any atom is -0.334 e. The summed E-state index contributed by atoms with van der Waals surface area (Å²) < 4.78 is 0. The summed E-state index contributed by atoms with van der Waals surface area (Å²) in [6, 6.07) is 9.66. The molecule has 0 atom stereocenters. The zero-order valence-corrected chi connectivity index (χ0v) is 12.1. The molecule has 2 amide bonds. The van der Waals surface area contributed by atoms with E-state index in [1.165, 1.54) is 6.07 Å². The number of urea groups is 1. The van der Waals surface area contributed by atoms with Crippen LogP contribution >= 0.6 is 0 Å². The molecule has 0 saturated carbocycles. The first-order chi connectivity index (χ1) is 10.6. The topological polar surface area (TPSA) is 97.2 Å². The first-order valence-corrected chi connectivity index (χ1v) is 6.72. The number of carbonyl (C=O) groups excluding carboxylic acids is 1. The summed E-state index contributed by atoms with van der Waals surface area (Å²) in [5.41, 5.74) is 2.24. The molecule has 22 heavy (non-hydrogen) atoms. The first kappa shape index (κ1) is 15.4. The zero-order valence-electron chi connectivity index (χ0n) is 12.1. The predicted molar refractivity (Wildman–Crippen MR) is 81.1 cm³/mol. The van der Waals surface area contributed by atoms with Gasteiger partial charge in [0.05, 0.1) is 11.5 Å². The fourth-order valence-corrected chi connectivity index (χ4v) is 1.86. The monoisotopic (exact) mass is 300 g/mol. The molecule has 0 aliphatic rings. The Bertz CT molecular complexity index is 671. The van der Waals surface area contributed by atoms with Crippen LogP contribution in [0.4, 0.5) is 10.5 Å². The molecule has 0 saturated heterocycles. The number of para-hydroxylation sites is 1. The van der Waals surface area contributed by atoms with Crippen LogP contribution in [0.25, 0.3) is 0 Å². The van der Waals surface area contributed by atoms with E-state index in [2.05, 4.69) is 15.6 Å². The number of pyridine rings is 1. The summed E-state index contributed by atoms with van der Waals surface area (Å²) in [5.74, 6) is 0. The third kappa shape index (κ3) is 4.27. The van der Waals surface area contributed by atoms with E-state index in [1.807, 2.05) is 19.1 Å². The van der Waals surface area contributed by atoms with Crippen LogP contribution in [-0.2, 0) is 13.1 Å². The number of amides is 2. The number of hydrogen-bond donors (Lipinski definition) is 2. The van der Waals surface area contributed by atoms with Crippen molar-refractivity contribution in [3.63, 3.8) is 0 Å². The Morgan fingerprint density at radius 3 is 2.59 bits per heavy atom. The zero-order chi connectivity index (χ0) is 15.9. The second-order valence-electron chi connectivity index (χ2n) is 4.73. The third-order valence-electron chi connectivity index (χ3n) is 3.05. The third-order valence-corrected chi connectivity index (χ3v) is 3.05. The van der Waals surface area contributed by atoms with Gasteiger partial charge in [-0.2, -0.15) is 0 Å². The Morgan fingerprint density at radius 1 is 1.18 bits per heavy atom. The maximum Gasteiger partial charge on any atom is 0.315 e. The highest BCUT2D eigenvalue weighted by atomic mass is 16.6. The van der Waals surface area contributed by atoms with E-state index in [9.17, 15) is 14.9 Å². The highest BCUT2D eigenvalue weighted by Gasteiger charge is 2.12. The quantitative estimate of drug-likeness (QED) is 0.654. The van der Waals surface area contributed by atoms with Crippen LogP contribution in [-0.4, -0.2) is 15.9 Å². The smallest absolute Gasteiger partial charge is 0.315 e. The maximum absolute atomic E-state index is 11.7. The van der Waals surface area contributed by atoms with Crippen LogP contribution in [0.2, 0.25) is 0 Å². The van der Waals surface area contributed by atoms with Crippen molar-refractivity contribution in [1.29, 1.82) is 0 Å². The van der Waals surface area contributed by atoms with Crippen LogP contribution in [0.5, 0.6) is 0 Å². The molecule has 7 heteroatoms. The summed E-state index contributed by atoms with van der Waals surface area (Å²) in [6.07, 6.45) is 1.69. The van der Waals surface area contributed by atoms with Crippen molar-refractivity contribution >= 4 is 11.7 Å². The predicted octanol–water partition coefficient (Wildman–Crippen LogP) is 2.30. The molecular formula is C15H16N4O3. The molecular weight excluding hydrogens is 284 g/mol. The van der Waals surface area contributed by atoms with Gasteiger partial charge in [-0.15, -0.1) is 0 Å². The Balaban J connectivity index is 1.85. The van der Waals surface area contributed by atoms with Crippen molar-refractivity contribution in [3.05, 3.63) is 69.5 Å². The number of nitrogens with zero attached hydrogens (tertiary/aromatic N) is 2. The van der Waals surface area contributed by atoms with E-state index < -0.39 is 11.0 Å². The van der Waals surface area contributed by atoms with Gasteiger partial charge in [0.25, 0.3) is 5.69 Å². The molecule has 2 N–H and O–H groups in total. The van der Waals surface area contributed by atoms with Crippen molar-refractivity contribution in [2.75, 3.05) is 0 Å². The lowest BCUT2D eigenvalue weighted by Gasteiger charge is -2.08. The van der Waals surface area contributed by atoms with Crippen molar-refractivity contribution in [2.45, 2.75) is 20.0 Å². The molecule has 0 aliphatic heterocycles. The molecule has 2 rings (SSSR count). The molecule has 0 radical (unpaired) electrons. The summed E-state index contributed by atoms with van der Waals surface area (Å²) in [5, 5.41) is 16.2. The molecule has 1 heterocycles. The summed E-state index contributed by atoms with van der Waals surface area (Å²) in [6.45, 7) is 2.32. The average Bonchev–Trinajstić information content (AvgIpc) is 2.52. The van der Waals surface area contributed by atoms with Crippen LogP contribution in [0.15, 0.2) is 42.6 Å². The van der Waals surface area contributed by atoms with E-state index in [-0.39, 0.29) is 12.2 Å². The first-order valence-electron chi connectivity index (χ1n) is 6.72. The number of benzene rings is 1. The Kier molecular flexibility index (Phi) is 5.02. The molecule has 1 aromatic carbocycles. The number of nitro groups is 1. The van der Waals surface area contributed by atoms with Crippen LogP contribution < -0.4 is 10.6 Å². The lowest BCUT2D eigenvalue weighted by Crippen LogP contribution is -2.34. The van der Waals surface area contributed by atoms with E-state index in [4.69, 9.17) is 0 Å². The van der Waals surface area contributed by atoms with Crippen LogP contribution in [0.1, 0.15) is 16.8 Å². The number of nitrogens with one attached hydrogen (secondary N) is 2. The van der Waals surface area contributed by atoms with Gasteiger partial charge < -0.3 is 10.6 Å². The molecule has 114 valence electrons. The molecule has 0 unspecified atom stereocenters. The standard InChI is InChI=1S/C15H16N4O3/c1-11-6-7-12(8-16-11)9-17-15(20)18-10-13-4-2-3-5-14(13)19(21)22/h2-8H,9-10H2,1H3,(H2,17,18,20). The van der Waals surface area contributed by atoms with Gasteiger partial charge in [0.1, 0.15) is 0 Å². The summed E-state index contributed by atoms with van der Waals surface area (Å²) >= 11 is 0. The fourth-order valence-electron chi connectivity index (χ4n) is 1.86. The lowest BCUT2D eigenvalue weighted by atomic mass is 10.2. The Morgan fingerprint density at radius 2 is 1.91 bits per heavy atom. The number of aryl methyl sites for hydroxylation is 1. The van der Waals surface area contributed by atoms with Gasteiger partial charge >= 0.3 is 6.03 Å². The van der Waals surface area contributed by atoms with Crippen molar-refractivity contribution in [1.82, 2.24) is 15.6 Å². The van der Waals surface area contributed by atoms with Gasteiger partial charge in [-0.25, -0.2) is 4.79 Å². The van der Waals surface area contributed by atoms with E-state index in [0.29, 0.717) is 12.1 Å². The SMILES string of the molecule is Cc1ccc(CNC(=O)NCc2ccccc2[N+](=O)[O-])cn1. The molecule has 1 aromatic heterocycles. The molecule has 0 spiro atoms. The largest absolute Gasteiger partial charge is 0.334 e. The highest BCUT2D eigenvalue weighted by molar-refractivity contribution is 5.74. The lowest BCUT2D eigenvalue weighted by molar-refractivity contribution is -0.385. The van der Waals surface area contributed by atoms with Crippen LogP contribution in [0, 0.1) is 17.0 Å². The van der Waals surface area contributed by atoms with E-state index in [0.717, 1.165) is 11.3 Å². The van der Waals surface area contributed by atoms with Gasteiger partial charge in [0.2, 0.25) is 0 Å². The number of nitro benzene ring substituents is 1. The number of aromatic nitrogens is 1. The number of rotatable bonds is 5. The Hall–Kier alpha value is -2.96. The van der Waals surface area contributed by atoms with E-state index >= 15 is 0 Å². The van der Waals surface area contributed by atoms with E-state index in [1.54, 1.807) is 24.4 Å². The maximum atomic E-state index is 11.7. The molecule has 7 nitrogen and oxygen atoms in total. The van der Waals surface area contributed by atoms with Gasteiger partial charge in [0, 0.05) is 30.1 Å². The van der Waals surface area contributed by atoms with Gasteiger partial charge in [-0.05, 0) is 18.6 Å². The molecule has 0 bridgehead atoms. The molecule has 0 aliphatic carbocycles. The normalized spacial score (nSPS) is 10.0. The summed E-state index contributed by atoms with van der Waals surface area (Å²) in [7, 11) is 0. The van der Waals surface area contributed by atoms with Crippen molar-refractivity contribution in [3.8, 4) is 0 Å². The van der Waals surface area contributed by atoms with Gasteiger partial charge in [-0.1, -0.05) is 24.3 Å². The Labute approximate surface area is 127 Å². The fraction of sp³-hybridized carbons (Fsp3) is 0.200. The highest BCUT2D eigenvalue weighted by Crippen LogP contribution is 2.16. The summed E-state index contributed by atoms with van der Waals surface area (Å²) in [4.78, 5) is 26.3. The minimum absolute atomic E-state index is 0.00876.